The number of aromatic nitrogens is 1. The van der Waals surface area contributed by atoms with E-state index in [9.17, 15) is 24.3 Å². The number of nitrogens with zero attached hydrogens (tertiary/aromatic N) is 3. The zero-order chi connectivity index (χ0) is 32.0. The second kappa shape index (κ2) is 11.9. The fourth-order valence-electron chi connectivity index (χ4n) is 6.09. The van der Waals surface area contributed by atoms with E-state index in [0.29, 0.717) is 43.6 Å². The molecule has 238 valence electrons. The van der Waals surface area contributed by atoms with E-state index >= 15 is 8.78 Å². The van der Waals surface area contributed by atoms with Gasteiger partial charge in [-0.25, -0.2) is 18.4 Å². The second-order valence-electron chi connectivity index (χ2n) is 11.5. The Morgan fingerprint density at radius 2 is 1.93 bits per heavy atom. The van der Waals surface area contributed by atoms with E-state index in [0.717, 1.165) is 6.07 Å². The molecule has 4 heterocycles. The van der Waals surface area contributed by atoms with Crippen molar-refractivity contribution in [3.8, 4) is 11.5 Å². The van der Waals surface area contributed by atoms with Crippen molar-refractivity contribution in [1.29, 1.82) is 0 Å². The van der Waals surface area contributed by atoms with Crippen LogP contribution >= 0.6 is 0 Å². The quantitative estimate of drug-likeness (QED) is 0.401. The molecule has 0 spiro atoms. The van der Waals surface area contributed by atoms with Gasteiger partial charge in [0, 0.05) is 38.7 Å². The van der Waals surface area contributed by atoms with Crippen molar-refractivity contribution in [2.75, 3.05) is 42.6 Å². The SMILES string of the molecule is CC(=O)NCC1CN(c2ccc(OC3CCCN(c4c(F)cc5c(=O)c(C(=O)O)cn6c5c4OCC6C)CC3)c(F)c2)C(=O)O1. The minimum atomic E-state index is -1.38. The van der Waals surface area contributed by atoms with Crippen LogP contribution in [0.4, 0.5) is 25.0 Å². The topological polar surface area (TPSA) is 140 Å². The highest BCUT2D eigenvalue weighted by Crippen LogP contribution is 2.42. The number of carboxylic acid groups (broad SMARTS) is 1. The minimum absolute atomic E-state index is 0.0158. The number of rotatable bonds is 7. The molecule has 0 radical (unpaired) electrons. The fraction of sp³-hybridized carbons (Fsp3) is 0.419. The van der Waals surface area contributed by atoms with Crippen LogP contribution in [0.25, 0.3) is 10.9 Å². The highest BCUT2D eigenvalue weighted by atomic mass is 19.1. The number of nitrogens with one attached hydrogen (secondary N) is 1. The minimum Gasteiger partial charge on any atom is -0.487 e. The van der Waals surface area contributed by atoms with E-state index < -0.39 is 40.8 Å². The summed E-state index contributed by atoms with van der Waals surface area (Å²) in [4.78, 5) is 51.2. The molecular weight excluding hydrogens is 594 g/mol. The molecule has 0 aliphatic carbocycles. The molecule has 2 N–H and O–H groups in total. The number of carbonyl (C=O) groups is 3. The van der Waals surface area contributed by atoms with Gasteiger partial charge in [-0.05, 0) is 38.0 Å². The lowest BCUT2D eigenvalue weighted by atomic mass is 10.1. The van der Waals surface area contributed by atoms with Crippen molar-refractivity contribution < 1.29 is 42.5 Å². The van der Waals surface area contributed by atoms with Crippen LogP contribution in [-0.2, 0) is 9.53 Å². The smallest absolute Gasteiger partial charge is 0.414 e. The Bertz CT molecular complexity index is 1760. The van der Waals surface area contributed by atoms with Crippen LogP contribution in [0.5, 0.6) is 11.5 Å². The Labute approximate surface area is 256 Å². The van der Waals surface area contributed by atoms with Crippen molar-refractivity contribution in [2.45, 2.75) is 51.4 Å². The molecule has 3 unspecified atom stereocenters. The Balaban J connectivity index is 1.18. The largest absolute Gasteiger partial charge is 0.487 e. The van der Waals surface area contributed by atoms with E-state index in [1.54, 1.807) is 10.6 Å². The summed E-state index contributed by atoms with van der Waals surface area (Å²) in [6, 6.07) is 5.01. The number of pyridine rings is 1. The monoisotopic (exact) mass is 626 g/mol. The molecule has 3 atom stereocenters. The lowest BCUT2D eigenvalue weighted by molar-refractivity contribution is -0.119. The maximum absolute atomic E-state index is 15.7. The number of carbonyl (C=O) groups excluding carboxylic acids is 2. The van der Waals surface area contributed by atoms with Crippen LogP contribution in [0.3, 0.4) is 0 Å². The maximum atomic E-state index is 15.7. The number of carboxylic acids is 1. The summed E-state index contributed by atoms with van der Waals surface area (Å²) in [6.45, 7) is 4.46. The molecule has 0 bridgehead atoms. The zero-order valence-electron chi connectivity index (χ0n) is 24.7. The molecule has 3 aliphatic rings. The van der Waals surface area contributed by atoms with Crippen LogP contribution in [0, 0.1) is 11.6 Å². The molecule has 2 fully saturated rings. The van der Waals surface area contributed by atoms with E-state index in [4.69, 9.17) is 14.2 Å². The average molecular weight is 627 g/mol. The number of hydrogen-bond acceptors (Lipinski definition) is 8. The first-order chi connectivity index (χ1) is 21.5. The average Bonchev–Trinajstić information content (AvgIpc) is 3.21. The first kappa shape index (κ1) is 30.2. The lowest BCUT2D eigenvalue weighted by Gasteiger charge is -2.32. The summed E-state index contributed by atoms with van der Waals surface area (Å²) in [5, 5.41) is 12.1. The summed E-state index contributed by atoms with van der Waals surface area (Å²) in [6.07, 6.45) is 1.30. The van der Waals surface area contributed by atoms with Gasteiger partial charge in [0.1, 0.15) is 30.1 Å². The first-order valence-corrected chi connectivity index (χ1v) is 14.7. The van der Waals surface area contributed by atoms with Crippen LogP contribution in [0.1, 0.15) is 49.5 Å². The first-order valence-electron chi connectivity index (χ1n) is 14.7. The Kier molecular flexibility index (Phi) is 7.97. The van der Waals surface area contributed by atoms with Gasteiger partial charge in [0.25, 0.3) is 0 Å². The van der Waals surface area contributed by atoms with Gasteiger partial charge in [-0.1, -0.05) is 0 Å². The van der Waals surface area contributed by atoms with E-state index in [2.05, 4.69) is 5.32 Å². The highest BCUT2D eigenvalue weighted by Gasteiger charge is 2.34. The molecule has 12 nitrogen and oxygen atoms in total. The molecule has 0 saturated carbocycles. The molecule has 45 heavy (non-hydrogen) atoms. The van der Waals surface area contributed by atoms with Crippen molar-refractivity contribution >= 4 is 40.2 Å². The molecule has 3 aliphatic heterocycles. The number of cyclic esters (lactones) is 1. The molecule has 1 aromatic heterocycles. The summed E-state index contributed by atoms with van der Waals surface area (Å²) in [7, 11) is 0. The molecule has 2 amide bonds. The van der Waals surface area contributed by atoms with E-state index in [1.165, 1.54) is 30.2 Å². The van der Waals surface area contributed by atoms with E-state index in [1.807, 2.05) is 11.8 Å². The van der Waals surface area contributed by atoms with Crippen LogP contribution in [0.15, 0.2) is 35.3 Å². The summed E-state index contributed by atoms with van der Waals surface area (Å²) in [5.74, 6) is -2.77. The number of amides is 2. The van der Waals surface area contributed by atoms with Gasteiger partial charge in [0.05, 0.1) is 35.7 Å². The Morgan fingerprint density at radius 3 is 2.67 bits per heavy atom. The van der Waals surface area contributed by atoms with Gasteiger partial charge in [-0.2, -0.15) is 0 Å². The van der Waals surface area contributed by atoms with Crippen LogP contribution in [0.2, 0.25) is 0 Å². The summed E-state index contributed by atoms with van der Waals surface area (Å²) >= 11 is 0. The van der Waals surface area contributed by atoms with Crippen LogP contribution in [-0.4, -0.2) is 72.6 Å². The van der Waals surface area contributed by atoms with Crippen molar-refractivity contribution in [3.05, 3.63) is 57.9 Å². The van der Waals surface area contributed by atoms with Crippen molar-refractivity contribution in [2.24, 2.45) is 0 Å². The number of ether oxygens (including phenoxy) is 3. The van der Waals surface area contributed by atoms with Gasteiger partial charge in [-0.15, -0.1) is 0 Å². The summed E-state index contributed by atoms with van der Waals surface area (Å²) < 4.78 is 49.8. The third-order valence-electron chi connectivity index (χ3n) is 8.34. The molecular formula is C31H32F2N4O8. The third-order valence-corrected chi connectivity index (χ3v) is 8.34. The Hall–Kier alpha value is -4.88. The number of halogens is 2. The standard InChI is InChI=1S/C31H32F2N4O8/c1-16-15-43-29-26-21(28(39)22(30(40)41)14-36(16)26)11-24(33)27(29)35-8-3-4-19(7-9-35)44-25-6-5-18(10-23(25)32)37-13-20(45-31(37)42)12-34-17(2)38/h5-6,10-11,14,16,19-20H,3-4,7-9,12-13,15H2,1-2H3,(H,34,38)(H,40,41). The maximum Gasteiger partial charge on any atom is 0.414 e. The predicted molar refractivity (Wildman–Crippen MR) is 159 cm³/mol. The third kappa shape index (κ3) is 5.71. The van der Waals surface area contributed by atoms with E-state index in [-0.39, 0.29) is 60.3 Å². The number of anilines is 2. The molecule has 3 aromatic rings. The predicted octanol–water partition coefficient (Wildman–Crippen LogP) is 3.83. The van der Waals surface area contributed by atoms with Crippen LogP contribution < -0.4 is 30.0 Å². The van der Waals surface area contributed by atoms with Gasteiger partial charge in [-0.3, -0.25) is 14.5 Å². The number of hydrogen-bond donors (Lipinski definition) is 2. The fourth-order valence-corrected chi connectivity index (χ4v) is 6.09. The zero-order valence-corrected chi connectivity index (χ0v) is 24.7. The van der Waals surface area contributed by atoms with Gasteiger partial charge < -0.3 is 34.1 Å². The molecule has 2 saturated heterocycles. The van der Waals surface area contributed by atoms with Crippen molar-refractivity contribution in [3.63, 3.8) is 0 Å². The normalized spacial score (nSPS) is 21.2. The second-order valence-corrected chi connectivity index (χ2v) is 11.5. The highest BCUT2D eigenvalue weighted by molar-refractivity contribution is 5.97. The molecule has 2 aromatic carbocycles. The summed E-state index contributed by atoms with van der Waals surface area (Å²) in [5.41, 5.74) is -0.372. The molecule has 14 heteroatoms. The van der Waals surface area contributed by atoms with Crippen molar-refractivity contribution in [1.82, 2.24) is 9.88 Å². The van der Waals surface area contributed by atoms with Gasteiger partial charge in [0.2, 0.25) is 11.3 Å². The number of benzene rings is 2. The lowest BCUT2D eigenvalue weighted by Crippen LogP contribution is -2.33. The van der Waals surface area contributed by atoms with Gasteiger partial charge in [0.15, 0.2) is 23.1 Å². The Morgan fingerprint density at radius 1 is 1.13 bits per heavy atom. The number of aromatic carboxylic acids is 1. The molecule has 6 rings (SSSR count). The van der Waals surface area contributed by atoms with Gasteiger partial charge >= 0.3 is 12.1 Å².